The van der Waals surface area contributed by atoms with Gasteiger partial charge in [-0.15, -0.1) is 5.54 Å². The van der Waals surface area contributed by atoms with Gasteiger partial charge in [-0.25, -0.2) is 0 Å². The monoisotopic (exact) mass is 412 g/mol. The zero-order chi connectivity index (χ0) is 21.0. The highest BCUT2D eigenvalue weighted by molar-refractivity contribution is 6.83. The molecule has 0 unspecified atom stereocenters. The van der Waals surface area contributed by atoms with Crippen molar-refractivity contribution < 1.29 is 19.0 Å². The van der Waals surface area contributed by atoms with E-state index in [1.54, 1.807) is 0 Å². The highest BCUT2D eigenvalue weighted by Crippen LogP contribution is 2.37. The van der Waals surface area contributed by atoms with Crippen LogP contribution in [-0.4, -0.2) is 52.7 Å². The predicted molar refractivity (Wildman–Crippen MR) is 118 cm³/mol. The van der Waals surface area contributed by atoms with Crippen LogP contribution in [0.25, 0.3) is 0 Å². The summed E-state index contributed by atoms with van der Waals surface area (Å²) in [4.78, 5) is 0. The zero-order valence-corrected chi connectivity index (χ0v) is 20.9. The fourth-order valence-corrected chi connectivity index (χ4v) is 3.88. The van der Waals surface area contributed by atoms with Crippen LogP contribution in [0, 0.1) is 17.4 Å². The Morgan fingerprint density at radius 2 is 1.70 bits per heavy atom. The van der Waals surface area contributed by atoms with Crippen molar-refractivity contribution in [2.45, 2.75) is 97.0 Å². The maximum absolute atomic E-state index is 10.6. The minimum absolute atomic E-state index is 0.00288. The lowest BCUT2D eigenvalue weighted by molar-refractivity contribution is -0.216. The fraction of sp³-hybridized carbons (Fsp3) is 0.810. The predicted octanol–water partition coefficient (Wildman–Crippen LogP) is 4.57. The summed E-state index contributed by atoms with van der Waals surface area (Å²) < 4.78 is 18.4. The summed E-state index contributed by atoms with van der Waals surface area (Å²) in [6, 6.07) is 0. The highest BCUT2D eigenvalue weighted by atomic mass is 28.4. The molecule has 6 heteroatoms. The number of aliphatic hydroxyl groups excluding tert-OH is 1. The number of hydrogen-bond acceptors (Lipinski definition) is 4. The molecule has 156 valence electrons. The van der Waals surface area contributed by atoms with Crippen molar-refractivity contribution in [1.82, 2.24) is 0 Å². The van der Waals surface area contributed by atoms with Gasteiger partial charge in [-0.2, -0.15) is 0 Å². The minimum Gasteiger partial charge on any atom is -0.414 e. The molecular weight excluding hydrogens is 372 g/mol. The second-order valence-electron chi connectivity index (χ2n) is 10.2. The molecule has 0 aliphatic carbocycles. The van der Waals surface area contributed by atoms with E-state index < -0.39 is 28.8 Å². The third-order valence-electron chi connectivity index (χ3n) is 4.95. The van der Waals surface area contributed by atoms with Crippen LogP contribution >= 0.6 is 0 Å². The summed E-state index contributed by atoms with van der Waals surface area (Å²) in [5.41, 5.74) is 3.24. The normalized spacial score (nSPS) is 25.3. The van der Waals surface area contributed by atoms with E-state index in [0.717, 1.165) is 0 Å². The molecule has 4 nitrogen and oxygen atoms in total. The molecule has 0 saturated heterocycles. The summed E-state index contributed by atoms with van der Waals surface area (Å²) >= 11 is 0. The Kier molecular flexibility index (Phi) is 8.55. The van der Waals surface area contributed by atoms with Gasteiger partial charge in [0.05, 0.1) is 18.6 Å². The van der Waals surface area contributed by atoms with E-state index in [-0.39, 0.29) is 23.2 Å². The van der Waals surface area contributed by atoms with Gasteiger partial charge in [0.15, 0.2) is 14.6 Å². The van der Waals surface area contributed by atoms with Crippen molar-refractivity contribution in [1.29, 1.82) is 0 Å². The van der Waals surface area contributed by atoms with Gasteiger partial charge in [0, 0.05) is 0 Å². The Labute approximate surface area is 168 Å². The first-order valence-corrected chi connectivity index (χ1v) is 16.4. The van der Waals surface area contributed by atoms with E-state index in [2.05, 4.69) is 65.0 Å². The molecule has 0 radical (unpaired) electrons. The molecule has 0 bridgehead atoms. The van der Waals surface area contributed by atoms with Gasteiger partial charge < -0.3 is 19.0 Å². The molecule has 27 heavy (non-hydrogen) atoms. The molecule has 0 saturated carbocycles. The van der Waals surface area contributed by atoms with Gasteiger partial charge >= 0.3 is 0 Å². The van der Waals surface area contributed by atoms with Crippen LogP contribution in [0.15, 0.2) is 12.2 Å². The number of aliphatic hydroxyl groups is 1. The Balaban J connectivity index is 2.87. The SMILES string of the molecule is CC(C)O[C@H]1O[C@H](CO[Si](C)(C)C(C)(C)C)C=C[C@@H]1[C@H](O)C#C[Si](C)(C)C. The molecule has 0 aromatic heterocycles. The van der Waals surface area contributed by atoms with E-state index >= 15 is 0 Å². The van der Waals surface area contributed by atoms with Crippen LogP contribution in [0.4, 0.5) is 0 Å². The fourth-order valence-electron chi connectivity index (χ4n) is 2.28. The second-order valence-corrected chi connectivity index (χ2v) is 19.8. The van der Waals surface area contributed by atoms with E-state index in [4.69, 9.17) is 13.9 Å². The molecule has 1 aliphatic heterocycles. The van der Waals surface area contributed by atoms with E-state index in [9.17, 15) is 5.11 Å². The third kappa shape index (κ3) is 8.22. The lowest BCUT2D eigenvalue weighted by Crippen LogP contribution is -2.46. The lowest BCUT2D eigenvalue weighted by Gasteiger charge is -2.39. The molecule has 1 heterocycles. The first kappa shape index (κ1) is 24.6. The lowest BCUT2D eigenvalue weighted by atomic mass is 9.98. The molecule has 0 fully saturated rings. The van der Waals surface area contributed by atoms with Crippen LogP contribution in [0.5, 0.6) is 0 Å². The van der Waals surface area contributed by atoms with Crippen molar-refractivity contribution in [3.05, 3.63) is 12.2 Å². The van der Waals surface area contributed by atoms with Gasteiger partial charge in [-0.1, -0.05) is 58.5 Å². The number of hydrogen-bond donors (Lipinski definition) is 1. The van der Waals surface area contributed by atoms with Gasteiger partial charge in [-0.05, 0) is 32.0 Å². The van der Waals surface area contributed by atoms with Crippen LogP contribution in [0.1, 0.15) is 34.6 Å². The van der Waals surface area contributed by atoms with Gasteiger partial charge in [0.1, 0.15) is 20.3 Å². The molecule has 0 amide bonds. The summed E-state index contributed by atoms with van der Waals surface area (Å²) in [7, 11) is -3.38. The molecule has 0 aromatic rings. The molecule has 0 aromatic carbocycles. The average molecular weight is 413 g/mol. The molecule has 1 aliphatic rings. The summed E-state index contributed by atoms with van der Waals surface area (Å²) in [6.45, 7) is 22.1. The van der Waals surface area contributed by atoms with E-state index in [0.29, 0.717) is 6.61 Å². The Morgan fingerprint density at radius 3 is 2.19 bits per heavy atom. The van der Waals surface area contributed by atoms with Crippen molar-refractivity contribution in [3.63, 3.8) is 0 Å². The smallest absolute Gasteiger partial charge is 0.192 e. The van der Waals surface area contributed by atoms with Crippen LogP contribution in [0.2, 0.25) is 37.8 Å². The van der Waals surface area contributed by atoms with Crippen molar-refractivity contribution in [2.24, 2.45) is 5.92 Å². The maximum Gasteiger partial charge on any atom is 0.192 e. The molecule has 0 spiro atoms. The van der Waals surface area contributed by atoms with Gasteiger partial charge in [-0.3, -0.25) is 0 Å². The summed E-state index contributed by atoms with van der Waals surface area (Å²) in [5.74, 6) is 2.73. The first-order chi connectivity index (χ1) is 12.1. The number of rotatable bonds is 6. The number of ether oxygens (including phenoxy) is 2. The van der Waals surface area contributed by atoms with E-state index in [1.165, 1.54) is 0 Å². The van der Waals surface area contributed by atoms with Crippen LogP contribution < -0.4 is 0 Å². The third-order valence-corrected chi connectivity index (χ3v) is 10.3. The largest absolute Gasteiger partial charge is 0.414 e. The molecule has 1 rings (SSSR count). The van der Waals surface area contributed by atoms with Crippen molar-refractivity contribution in [2.75, 3.05) is 6.61 Å². The first-order valence-electron chi connectivity index (χ1n) is 9.96. The molecular formula is C21H40O4Si2. The topological polar surface area (TPSA) is 47.9 Å². The van der Waals surface area contributed by atoms with Crippen LogP contribution in [-0.2, 0) is 13.9 Å². The van der Waals surface area contributed by atoms with Gasteiger partial charge in [0.25, 0.3) is 0 Å². The second kappa shape index (κ2) is 9.38. The molecule has 1 N–H and O–H groups in total. The maximum atomic E-state index is 10.6. The van der Waals surface area contributed by atoms with Crippen LogP contribution in [0.3, 0.4) is 0 Å². The summed E-state index contributed by atoms with van der Waals surface area (Å²) in [6.07, 6.45) is 2.49. The zero-order valence-electron chi connectivity index (χ0n) is 18.9. The Hall–Kier alpha value is -0.426. The van der Waals surface area contributed by atoms with Gasteiger partial charge in [0.2, 0.25) is 0 Å². The summed E-state index contributed by atoms with van der Waals surface area (Å²) in [5, 5.41) is 10.7. The minimum atomic E-state index is -1.84. The highest BCUT2D eigenvalue weighted by Gasteiger charge is 2.39. The van der Waals surface area contributed by atoms with Crippen molar-refractivity contribution >= 4 is 16.4 Å². The average Bonchev–Trinajstić information content (AvgIpc) is 2.48. The molecule has 4 atom stereocenters. The standard InChI is InChI=1S/C21H40O4Si2/c1-16(2)24-20-18(19(22)13-14-26(6,7)8)12-11-17(25-20)15-23-27(9,10)21(3,4)5/h11-12,16-20,22H,15H2,1-10H3/t17-,18+,19+,20-/m0/s1. The quantitative estimate of drug-likeness (QED) is 0.394. The van der Waals surface area contributed by atoms with Crippen molar-refractivity contribution in [3.8, 4) is 11.5 Å². The van der Waals surface area contributed by atoms with E-state index in [1.807, 2.05) is 26.0 Å². The Bertz CT molecular complexity index is 561. The Morgan fingerprint density at radius 1 is 1.11 bits per heavy atom.